The number of ether oxygens (including phenoxy) is 1. The maximum atomic E-state index is 13.1. The smallest absolute Gasteiger partial charge is 0.145 e. The molecule has 0 heterocycles. The van der Waals surface area contributed by atoms with Crippen LogP contribution in [-0.2, 0) is 0 Å². The van der Waals surface area contributed by atoms with Gasteiger partial charge >= 0.3 is 0 Å². The Morgan fingerprint density at radius 1 is 1.50 bits per heavy atom. The normalized spacial score (nSPS) is 12.5. The molecule has 1 aromatic carbocycles. The molecule has 0 aromatic heterocycles. The molecule has 2 nitrogen and oxygen atoms in total. The van der Waals surface area contributed by atoms with Crippen molar-refractivity contribution >= 4 is 11.6 Å². The Kier molecular flexibility index (Phi) is 5.56. The molecule has 0 fully saturated rings. The highest BCUT2D eigenvalue weighted by atomic mass is 35.5. The third-order valence-corrected chi connectivity index (χ3v) is 2.39. The predicted octanol–water partition coefficient (Wildman–Crippen LogP) is 3.25. The first kappa shape index (κ1) is 13.3. The fourth-order valence-corrected chi connectivity index (χ4v) is 1.42. The maximum absolute atomic E-state index is 13.1. The average Bonchev–Trinajstić information content (AvgIpc) is 2.24. The Morgan fingerprint density at radius 3 is 2.88 bits per heavy atom. The number of hydrogen-bond acceptors (Lipinski definition) is 2. The molecule has 1 unspecified atom stereocenters. The second-order valence-corrected chi connectivity index (χ2v) is 4.12. The minimum atomic E-state index is -0.451. The van der Waals surface area contributed by atoms with Crippen molar-refractivity contribution in [2.45, 2.75) is 26.4 Å². The molecule has 1 rings (SSSR count). The van der Waals surface area contributed by atoms with Crippen LogP contribution in [0.15, 0.2) is 18.2 Å². The maximum Gasteiger partial charge on any atom is 0.145 e. The average molecular weight is 246 g/mol. The van der Waals surface area contributed by atoms with Gasteiger partial charge in [-0.05, 0) is 32.0 Å². The first-order valence-corrected chi connectivity index (χ1v) is 5.83. The lowest BCUT2D eigenvalue weighted by Crippen LogP contribution is -2.29. The number of halogens is 2. The van der Waals surface area contributed by atoms with Gasteiger partial charge in [-0.2, -0.15) is 0 Å². The molecule has 0 aliphatic carbocycles. The van der Waals surface area contributed by atoms with Crippen molar-refractivity contribution in [3.8, 4) is 5.75 Å². The molecule has 90 valence electrons. The predicted molar refractivity (Wildman–Crippen MR) is 64.7 cm³/mol. The van der Waals surface area contributed by atoms with Gasteiger partial charge in [0.05, 0.1) is 5.02 Å². The Labute approximate surface area is 101 Å². The van der Waals surface area contributed by atoms with Crippen molar-refractivity contribution < 1.29 is 9.13 Å². The van der Waals surface area contributed by atoms with E-state index in [1.165, 1.54) is 12.1 Å². The molecular formula is C12H17ClFNO. The van der Waals surface area contributed by atoms with E-state index in [9.17, 15) is 4.39 Å². The fourth-order valence-electron chi connectivity index (χ4n) is 1.31. The quantitative estimate of drug-likeness (QED) is 0.777. The molecule has 1 atom stereocenters. The van der Waals surface area contributed by atoms with Crippen LogP contribution >= 0.6 is 11.6 Å². The standard InChI is InChI=1S/C12H17ClFNO/c1-3-6-15-8-9(2)16-10-4-5-11(13)12(14)7-10/h4-5,7,9,15H,3,6,8H2,1-2H3. The van der Waals surface area contributed by atoms with Gasteiger partial charge in [-0.15, -0.1) is 0 Å². The Balaban J connectivity index is 2.43. The molecule has 0 saturated carbocycles. The van der Waals surface area contributed by atoms with Crippen LogP contribution in [0.5, 0.6) is 5.75 Å². The lowest BCUT2D eigenvalue weighted by Gasteiger charge is -2.15. The summed E-state index contributed by atoms with van der Waals surface area (Å²) in [4.78, 5) is 0. The fraction of sp³-hybridized carbons (Fsp3) is 0.500. The first-order valence-electron chi connectivity index (χ1n) is 5.46. The molecule has 1 N–H and O–H groups in total. The van der Waals surface area contributed by atoms with Gasteiger partial charge in [0.2, 0.25) is 0 Å². The van der Waals surface area contributed by atoms with Crippen LogP contribution in [0.1, 0.15) is 20.3 Å². The van der Waals surface area contributed by atoms with Gasteiger partial charge in [0.1, 0.15) is 17.7 Å². The van der Waals surface area contributed by atoms with Crippen LogP contribution in [0, 0.1) is 5.82 Å². The minimum Gasteiger partial charge on any atom is -0.489 e. The van der Waals surface area contributed by atoms with Gasteiger partial charge in [-0.1, -0.05) is 18.5 Å². The summed E-state index contributed by atoms with van der Waals surface area (Å²) in [5.41, 5.74) is 0. The van der Waals surface area contributed by atoms with Crippen molar-refractivity contribution in [3.05, 3.63) is 29.0 Å². The van der Waals surface area contributed by atoms with E-state index in [0.717, 1.165) is 19.5 Å². The molecule has 0 radical (unpaired) electrons. The molecule has 0 aliphatic rings. The third-order valence-electron chi connectivity index (χ3n) is 2.09. The van der Waals surface area contributed by atoms with Crippen LogP contribution in [0.25, 0.3) is 0 Å². The lowest BCUT2D eigenvalue weighted by molar-refractivity contribution is 0.216. The molecule has 0 amide bonds. The van der Waals surface area contributed by atoms with E-state index < -0.39 is 5.82 Å². The van der Waals surface area contributed by atoms with Gasteiger partial charge in [0.25, 0.3) is 0 Å². The van der Waals surface area contributed by atoms with E-state index in [2.05, 4.69) is 12.2 Å². The highest BCUT2D eigenvalue weighted by Crippen LogP contribution is 2.21. The van der Waals surface area contributed by atoms with Crippen molar-refractivity contribution in [2.24, 2.45) is 0 Å². The summed E-state index contributed by atoms with van der Waals surface area (Å²) in [6, 6.07) is 4.47. The van der Waals surface area contributed by atoms with E-state index in [4.69, 9.17) is 16.3 Å². The number of rotatable bonds is 6. The molecule has 1 aromatic rings. The topological polar surface area (TPSA) is 21.3 Å². The van der Waals surface area contributed by atoms with Gasteiger partial charge in [0, 0.05) is 12.6 Å². The SMILES string of the molecule is CCCNCC(C)Oc1ccc(Cl)c(F)c1. The number of benzene rings is 1. The van der Waals surface area contributed by atoms with Gasteiger partial charge < -0.3 is 10.1 Å². The van der Waals surface area contributed by atoms with E-state index in [1.807, 2.05) is 6.92 Å². The van der Waals surface area contributed by atoms with E-state index >= 15 is 0 Å². The van der Waals surface area contributed by atoms with Gasteiger partial charge in [0.15, 0.2) is 0 Å². The highest BCUT2D eigenvalue weighted by molar-refractivity contribution is 6.30. The van der Waals surface area contributed by atoms with Crippen molar-refractivity contribution in [1.82, 2.24) is 5.32 Å². The van der Waals surface area contributed by atoms with Gasteiger partial charge in [-0.3, -0.25) is 0 Å². The second-order valence-electron chi connectivity index (χ2n) is 3.71. The molecule has 4 heteroatoms. The number of nitrogens with one attached hydrogen (secondary N) is 1. The van der Waals surface area contributed by atoms with Crippen LogP contribution in [-0.4, -0.2) is 19.2 Å². The molecule has 0 bridgehead atoms. The molecular weight excluding hydrogens is 229 g/mol. The highest BCUT2D eigenvalue weighted by Gasteiger charge is 2.06. The van der Waals surface area contributed by atoms with Gasteiger partial charge in [-0.25, -0.2) is 4.39 Å². The monoisotopic (exact) mass is 245 g/mol. The van der Waals surface area contributed by atoms with E-state index in [1.54, 1.807) is 6.07 Å². The second kappa shape index (κ2) is 6.71. The molecule has 0 spiro atoms. The van der Waals surface area contributed by atoms with Crippen LogP contribution in [0.3, 0.4) is 0 Å². The zero-order chi connectivity index (χ0) is 12.0. The molecule has 0 aliphatic heterocycles. The lowest BCUT2D eigenvalue weighted by atomic mass is 10.3. The summed E-state index contributed by atoms with van der Waals surface area (Å²) < 4.78 is 18.6. The zero-order valence-electron chi connectivity index (χ0n) is 9.59. The summed E-state index contributed by atoms with van der Waals surface area (Å²) in [6.45, 7) is 5.75. The largest absolute Gasteiger partial charge is 0.489 e. The number of hydrogen-bond donors (Lipinski definition) is 1. The van der Waals surface area contributed by atoms with Crippen LogP contribution in [0.2, 0.25) is 5.02 Å². The summed E-state index contributed by atoms with van der Waals surface area (Å²) in [7, 11) is 0. The Morgan fingerprint density at radius 2 is 2.25 bits per heavy atom. The van der Waals surface area contributed by atoms with Crippen molar-refractivity contribution in [1.29, 1.82) is 0 Å². The summed E-state index contributed by atoms with van der Waals surface area (Å²) >= 11 is 5.58. The van der Waals surface area contributed by atoms with Crippen molar-refractivity contribution in [3.63, 3.8) is 0 Å². The Hall–Kier alpha value is -0.800. The molecule has 16 heavy (non-hydrogen) atoms. The van der Waals surface area contributed by atoms with Crippen LogP contribution in [0.4, 0.5) is 4.39 Å². The summed E-state index contributed by atoms with van der Waals surface area (Å²) in [5.74, 6) is 0.0561. The molecule has 0 saturated heterocycles. The summed E-state index contributed by atoms with van der Waals surface area (Å²) in [6.07, 6.45) is 1.09. The third kappa shape index (κ3) is 4.37. The Bertz CT molecular complexity index is 333. The minimum absolute atomic E-state index is 0.00660. The van der Waals surface area contributed by atoms with E-state index in [-0.39, 0.29) is 11.1 Å². The van der Waals surface area contributed by atoms with Crippen LogP contribution < -0.4 is 10.1 Å². The van der Waals surface area contributed by atoms with E-state index in [0.29, 0.717) is 5.75 Å². The van der Waals surface area contributed by atoms with Crippen molar-refractivity contribution in [2.75, 3.05) is 13.1 Å². The zero-order valence-corrected chi connectivity index (χ0v) is 10.4. The first-order chi connectivity index (χ1) is 7.63. The summed E-state index contributed by atoms with van der Waals surface area (Å²) in [5, 5.41) is 3.35.